The smallest absolute Gasteiger partial charge is 0.0355 e. The molecule has 0 aliphatic rings. The summed E-state index contributed by atoms with van der Waals surface area (Å²) in [6, 6.07) is 34.8. The minimum Gasteiger partial charge on any atom is -0.135 e. The molecule has 0 amide bonds. The van der Waals surface area contributed by atoms with Crippen molar-refractivity contribution in [2.45, 2.75) is 0 Å². The van der Waals surface area contributed by atoms with Gasteiger partial charge in [0.2, 0.25) is 0 Å². The molecule has 3 aromatic carbocycles. The van der Waals surface area contributed by atoms with Crippen molar-refractivity contribution in [3.63, 3.8) is 0 Å². The highest BCUT2D eigenvalue weighted by Gasteiger charge is 2.07. The van der Waals surface area contributed by atoms with Crippen LogP contribution >= 0.6 is 22.7 Å². The van der Waals surface area contributed by atoms with Crippen molar-refractivity contribution in [1.29, 1.82) is 0 Å². The third-order valence-electron chi connectivity index (χ3n) is 4.54. The van der Waals surface area contributed by atoms with Gasteiger partial charge in [0.1, 0.15) is 0 Å². The van der Waals surface area contributed by atoms with E-state index in [0.29, 0.717) is 0 Å². The standard InChI is InChI=1S/C24H16S2/c1-2-6-17(7-3-1)22-14-15-23(25-22)18-10-12-19(13-11-18)24-16-20-8-4-5-9-21(20)26-24/h1-16H. The molecule has 0 atom stereocenters. The second-order valence-corrected chi connectivity index (χ2v) is 8.42. The van der Waals surface area contributed by atoms with Crippen LogP contribution in [0, 0.1) is 0 Å². The molecular formula is C24H16S2. The third-order valence-corrected chi connectivity index (χ3v) is 6.89. The molecule has 124 valence electrons. The first-order valence-corrected chi connectivity index (χ1v) is 10.2. The van der Waals surface area contributed by atoms with Gasteiger partial charge in [0.15, 0.2) is 0 Å². The summed E-state index contributed by atoms with van der Waals surface area (Å²) in [6.07, 6.45) is 0. The minimum atomic E-state index is 1.28. The zero-order chi connectivity index (χ0) is 17.3. The molecule has 5 rings (SSSR count). The van der Waals surface area contributed by atoms with Gasteiger partial charge in [-0.3, -0.25) is 0 Å². The van der Waals surface area contributed by atoms with Crippen LogP contribution in [0.1, 0.15) is 0 Å². The first kappa shape index (κ1) is 15.6. The highest BCUT2D eigenvalue weighted by Crippen LogP contribution is 2.37. The lowest BCUT2D eigenvalue weighted by Gasteiger charge is -2.01. The van der Waals surface area contributed by atoms with Crippen LogP contribution in [0.5, 0.6) is 0 Å². The Kier molecular flexibility index (Phi) is 3.93. The second-order valence-electron chi connectivity index (χ2n) is 6.26. The van der Waals surface area contributed by atoms with E-state index in [1.165, 1.54) is 41.4 Å². The first-order valence-electron chi connectivity index (χ1n) is 8.61. The first-order chi connectivity index (χ1) is 12.9. The van der Waals surface area contributed by atoms with E-state index < -0.39 is 0 Å². The van der Waals surface area contributed by atoms with Gasteiger partial charge in [-0.2, -0.15) is 0 Å². The van der Waals surface area contributed by atoms with Gasteiger partial charge in [0, 0.05) is 19.3 Å². The van der Waals surface area contributed by atoms with E-state index in [9.17, 15) is 0 Å². The molecule has 0 nitrogen and oxygen atoms in total. The average Bonchev–Trinajstić information content (AvgIpc) is 3.36. The molecule has 2 heteroatoms. The molecule has 0 aliphatic heterocycles. The molecule has 0 fully saturated rings. The van der Waals surface area contributed by atoms with Crippen LogP contribution in [0.2, 0.25) is 0 Å². The van der Waals surface area contributed by atoms with Crippen molar-refractivity contribution in [1.82, 2.24) is 0 Å². The number of benzene rings is 3. The van der Waals surface area contributed by atoms with E-state index in [0.717, 1.165) is 0 Å². The lowest BCUT2D eigenvalue weighted by atomic mass is 10.1. The van der Waals surface area contributed by atoms with Gasteiger partial charge in [0.05, 0.1) is 0 Å². The summed E-state index contributed by atoms with van der Waals surface area (Å²) in [6.45, 7) is 0. The Morgan fingerprint density at radius 1 is 0.423 bits per heavy atom. The SMILES string of the molecule is c1ccc(-c2ccc(-c3ccc(-c4cc5ccccc5s4)cc3)s2)cc1. The van der Waals surface area contributed by atoms with E-state index >= 15 is 0 Å². The Morgan fingerprint density at radius 2 is 1.00 bits per heavy atom. The molecule has 2 heterocycles. The predicted molar refractivity (Wildman–Crippen MR) is 116 cm³/mol. The Bertz CT molecular complexity index is 1130. The summed E-state index contributed by atoms with van der Waals surface area (Å²) >= 11 is 3.70. The Balaban J connectivity index is 1.46. The monoisotopic (exact) mass is 368 g/mol. The summed E-state index contributed by atoms with van der Waals surface area (Å²) in [7, 11) is 0. The normalized spacial score (nSPS) is 11.1. The van der Waals surface area contributed by atoms with Crippen LogP contribution in [0.15, 0.2) is 97.1 Å². The maximum atomic E-state index is 2.29. The molecule has 5 aromatic rings. The second kappa shape index (κ2) is 6.56. The van der Waals surface area contributed by atoms with Crippen molar-refractivity contribution >= 4 is 32.8 Å². The lowest BCUT2D eigenvalue weighted by molar-refractivity contribution is 1.68. The number of fused-ring (bicyclic) bond motifs is 1. The zero-order valence-corrected chi connectivity index (χ0v) is 15.7. The fourth-order valence-corrected chi connectivity index (χ4v) is 5.26. The van der Waals surface area contributed by atoms with Crippen molar-refractivity contribution in [3.8, 4) is 31.3 Å². The van der Waals surface area contributed by atoms with Gasteiger partial charge in [0.25, 0.3) is 0 Å². The molecule has 26 heavy (non-hydrogen) atoms. The van der Waals surface area contributed by atoms with Gasteiger partial charge in [-0.15, -0.1) is 22.7 Å². The Labute approximate surface area is 161 Å². The molecule has 0 aliphatic carbocycles. The van der Waals surface area contributed by atoms with Gasteiger partial charge in [-0.25, -0.2) is 0 Å². The number of hydrogen-bond acceptors (Lipinski definition) is 2. The topological polar surface area (TPSA) is 0 Å². The van der Waals surface area contributed by atoms with Gasteiger partial charge < -0.3 is 0 Å². The van der Waals surface area contributed by atoms with Crippen LogP contribution in [-0.4, -0.2) is 0 Å². The van der Waals surface area contributed by atoms with Crippen LogP contribution in [0.3, 0.4) is 0 Å². The molecule has 0 saturated heterocycles. The van der Waals surface area contributed by atoms with Gasteiger partial charge in [-0.05, 0) is 46.3 Å². The van der Waals surface area contributed by atoms with E-state index in [2.05, 4.69) is 97.1 Å². The molecular weight excluding hydrogens is 352 g/mol. The Hall–Kier alpha value is -2.68. The fraction of sp³-hybridized carbons (Fsp3) is 0. The number of rotatable bonds is 3. The maximum Gasteiger partial charge on any atom is 0.0355 e. The number of thiophene rings is 2. The largest absolute Gasteiger partial charge is 0.135 e. The molecule has 2 aromatic heterocycles. The molecule has 0 radical (unpaired) electrons. The third kappa shape index (κ3) is 2.88. The van der Waals surface area contributed by atoms with Gasteiger partial charge in [-0.1, -0.05) is 72.8 Å². The summed E-state index contributed by atoms with van der Waals surface area (Å²) in [5.41, 5.74) is 3.85. The molecule has 0 N–H and O–H groups in total. The van der Waals surface area contributed by atoms with E-state index in [4.69, 9.17) is 0 Å². The molecule has 0 bridgehead atoms. The van der Waals surface area contributed by atoms with Crippen molar-refractivity contribution in [2.75, 3.05) is 0 Å². The maximum absolute atomic E-state index is 2.29. The van der Waals surface area contributed by atoms with E-state index in [1.807, 2.05) is 22.7 Å². The van der Waals surface area contributed by atoms with Crippen molar-refractivity contribution in [3.05, 3.63) is 97.1 Å². The zero-order valence-electron chi connectivity index (χ0n) is 14.1. The quantitative estimate of drug-likeness (QED) is 0.303. The van der Waals surface area contributed by atoms with E-state index in [-0.39, 0.29) is 0 Å². The van der Waals surface area contributed by atoms with Crippen LogP contribution in [-0.2, 0) is 0 Å². The minimum absolute atomic E-state index is 1.28. The molecule has 0 spiro atoms. The van der Waals surface area contributed by atoms with Crippen molar-refractivity contribution in [2.24, 2.45) is 0 Å². The lowest BCUT2D eigenvalue weighted by Crippen LogP contribution is -1.74. The van der Waals surface area contributed by atoms with Crippen LogP contribution in [0.25, 0.3) is 41.4 Å². The Morgan fingerprint density at radius 3 is 1.69 bits per heavy atom. The van der Waals surface area contributed by atoms with Gasteiger partial charge >= 0.3 is 0 Å². The molecule has 0 unspecified atom stereocenters. The number of hydrogen-bond donors (Lipinski definition) is 0. The highest BCUT2D eigenvalue weighted by atomic mass is 32.1. The van der Waals surface area contributed by atoms with Crippen LogP contribution < -0.4 is 0 Å². The highest BCUT2D eigenvalue weighted by molar-refractivity contribution is 7.22. The predicted octanol–water partition coefficient (Wildman–Crippen LogP) is 7.96. The summed E-state index contributed by atoms with van der Waals surface area (Å²) in [4.78, 5) is 3.95. The van der Waals surface area contributed by atoms with Crippen molar-refractivity contribution < 1.29 is 0 Å². The summed E-state index contributed by atoms with van der Waals surface area (Å²) in [5.74, 6) is 0. The average molecular weight is 369 g/mol. The summed E-state index contributed by atoms with van der Waals surface area (Å²) < 4.78 is 1.34. The van der Waals surface area contributed by atoms with Crippen LogP contribution in [0.4, 0.5) is 0 Å². The molecule has 0 saturated carbocycles. The summed E-state index contributed by atoms with van der Waals surface area (Å²) in [5, 5.41) is 1.32. The fourth-order valence-electron chi connectivity index (χ4n) is 3.17. The van der Waals surface area contributed by atoms with E-state index in [1.54, 1.807) is 0 Å².